The number of piperidine rings is 1. The number of hydrogen-bond acceptors (Lipinski definition) is 4. The Morgan fingerprint density at radius 3 is 2.53 bits per heavy atom. The van der Waals surface area contributed by atoms with Crippen molar-refractivity contribution in [3.8, 4) is 0 Å². The van der Waals surface area contributed by atoms with Crippen molar-refractivity contribution in [2.45, 2.75) is 45.1 Å². The van der Waals surface area contributed by atoms with Gasteiger partial charge in [0, 0.05) is 44.5 Å². The van der Waals surface area contributed by atoms with Gasteiger partial charge in [-0.1, -0.05) is 6.92 Å². The summed E-state index contributed by atoms with van der Waals surface area (Å²) >= 11 is 0. The molecule has 1 aromatic rings. The highest BCUT2D eigenvalue weighted by molar-refractivity contribution is 5.94. The number of likely N-dealkylation sites (tertiary alicyclic amines) is 1. The fourth-order valence-electron chi connectivity index (χ4n) is 4.20. The lowest BCUT2D eigenvalue weighted by molar-refractivity contribution is -0.123. The third-order valence-electron chi connectivity index (χ3n) is 5.86. The molecule has 170 valence electrons. The van der Waals surface area contributed by atoms with E-state index in [0.29, 0.717) is 19.0 Å². The van der Waals surface area contributed by atoms with Crippen molar-refractivity contribution in [2.75, 3.05) is 44.7 Å². The zero-order valence-electron chi connectivity index (χ0n) is 18.1. The van der Waals surface area contributed by atoms with Crippen LogP contribution in [0.25, 0.3) is 0 Å². The summed E-state index contributed by atoms with van der Waals surface area (Å²) in [6.45, 7) is 6.26. The Kier molecular flexibility index (Phi) is 11.5. The molecule has 2 aliphatic heterocycles. The van der Waals surface area contributed by atoms with E-state index in [2.05, 4.69) is 29.5 Å². The monoisotopic (exact) mass is 458 g/mol. The third-order valence-corrected chi connectivity index (χ3v) is 5.86. The number of benzene rings is 1. The quantitative estimate of drug-likeness (QED) is 0.658. The Morgan fingerprint density at radius 1 is 1.17 bits per heavy atom. The average Bonchev–Trinajstić information content (AvgIpc) is 3.27. The minimum atomic E-state index is -0.0364. The predicted molar refractivity (Wildman–Crippen MR) is 127 cm³/mol. The summed E-state index contributed by atoms with van der Waals surface area (Å²) in [5.41, 5.74) is 1.88. The van der Waals surface area contributed by atoms with Crippen LogP contribution in [0.4, 0.5) is 5.69 Å². The van der Waals surface area contributed by atoms with E-state index in [1.54, 1.807) is 0 Å². The van der Waals surface area contributed by atoms with E-state index in [-0.39, 0.29) is 42.7 Å². The van der Waals surface area contributed by atoms with Crippen molar-refractivity contribution in [1.82, 2.24) is 15.5 Å². The predicted octanol–water partition coefficient (Wildman–Crippen LogP) is 3.10. The third kappa shape index (κ3) is 7.03. The average molecular weight is 459 g/mol. The van der Waals surface area contributed by atoms with E-state index in [4.69, 9.17) is 0 Å². The first-order chi connectivity index (χ1) is 13.6. The molecule has 2 heterocycles. The van der Waals surface area contributed by atoms with E-state index in [9.17, 15) is 9.59 Å². The Labute approximate surface area is 193 Å². The van der Waals surface area contributed by atoms with Crippen molar-refractivity contribution in [2.24, 2.45) is 5.92 Å². The number of halogens is 2. The van der Waals surface area contributed by atoms with Crippen LogP contribution in [-0.2, 0) is 4.79 Å². The summed E-state index contributed by atoms with van der Waals surface area (Å²) in [5.74, 6) is 0.531. The number of amides is 2. The first kappa shape index (κ1) is 26.5. The second-order valence-corrected chi connectivity index (χ2v) is 8.12. The SMILES string of the molecule is CCCN(C)c1ccc(C(=O)N2CCCC(CNC(=O)C3CCCN3)C2)cc1.Cl.Cl. The Bertz CT molecular complexity index is 666. The van der Waals surface area contributed by atoms with Gasteiger partial charge in [-0.15, -0.1) is 24.8 Å². The van der Waals surface area contributed by atoms with E-state index >= 15 is 0 Å². The van der Waals surface area contributed by atoms with Gasteiger partial charge in [0.15, 0.2) is 0 Å². The summed E-state index contributed by atoms with van der Waals surface area (Å²) < 4.78 is 0. The largest absolute Gasteiger partial charge is 0.375 e. The normalized spacial score (nSPS) is 20.7. The number of nitrogens with zero attached hydrogens (tertiary/aromatic N) is 2. The van der Waals surface area contributed by atoms with Crippen LogP contribution in [0.5, 0.6) is 0 Å². The molecule has 8 heteroatoms. The number of rotatable bonds is 7. The van der Waals surface area contributed by atoms with Gasteiger partial charge in [-0.3, -0.25) is 9.59 Å². The van der Waals surface area contributed by atoms with Crippen molar-refractivity contribution >= 4 is 42.3 Å². The molecule has 2 N–H and O–H groups in total. The first-order valence-electron chi connectivity index (χ1n) is 10.7. The van der Waals surface area contributed by atoms with Gasteiger partial charge in [0.2, 0.25) is 5.91 Å². The fraction of sp³-hybridized carbons (Fsp3) is 0.636. The van der Waals surface area contributed by atoms with Gasteiger partial charge in [0.05, 0.1) is 6.04 Å². The van der Waals surface area contributed by atoms with Crippen molar-refractivity contribution < 1.29 is 9.59 Å². The molecule has 2 aliphatic rings. The highest BCUT2D eigenvalue weighted by Crippen LogP contribution is 2.20. The van der Waals surface area contributed by atoms with Gasteiger partial charge >= 0.3 is 0 Å². The maximum Gasteiger partial charge on any atom is 0.253 e. The Morgan fingerprint density at radius 2 is 1.90 bits per heavy atom. The Hall–Kier alpha value is -1.50. The van der Waals surface area contributed by atoms with Crippen molar-refractivity contribution in [3.63, 3.8) is 0 Å². The van der Waals surface area contributed by atoms with Gasteiger partial charge in [0.25, 0.3) is 5.91 Å². The molecule has 0 aromatic heterocycles. The van der Waals surface area contributed by atoms with Crippen LogP contribution in [0.3, 0.4) is 0 Å². The fourth-order valence-corrected chi connectivity index (χ4v) is 4.20. The van der Waals surface area contributed by atoms with Crippen LogP contribution in [-0.4, -0.2) is 62.5 Å². The molecule has 0 aliphatic carbocycles. The molecule has 2 saturated heterocycles. The van der Waals surface area contributed by atoms with Crippen LogP contribution in [0.1, 0.15) is 49.4 Å². The van der Waals surface area contributed by atoms with Crippen LogP contribution < -0.4 is 15.5 Å². The molecule has 30 heavy (non-hydrogen) atoms. The number of hydrogen-bond donors (Lipinski definition) is 2. The number of carbonyl (C=O) groups is 2. The molecule has 0 spiro atoms. The first-order valence-corrected chi connectivity index (χ1v) is 10.7. The van der Waals surface area contributed by atoms with Crippen LogP contribution in [0, 0.1) is 5.92 Å². The summed E-state index contributed by atoms with van der Waals surface area (Å²) in [4.78, 5) is 29.3. The van der Waals surface area contributed by atoms with Crippen LogP contribution in [0.15, 0.2) is 24.3 Å². The smallest absolute Gasteiger partial charge is 0.253 e. The molecular formula is C22H36Cl2N4O2. The zero-order chi connectivity index (χ0) is 19.9. The number of carbonyl (C=O) groups excluding carboxylic acids is 2. The lowest BCUT2D eigenvalue weighted by Gasteiger charge is -2.33. The summed E-state index contributed by atoms with van der Waals surface area (Å²) in [6.07, 6.45) is 5.13. The van der Waals surface area contributed by atoms with E-state index < -0.39 is 0 Å². The molecule has 2 fully saturated rings. The molecule has 2 unspecified atom stereocenters. The molecule has 1 aromatic carbocycles. The Balaban J connectivity index is 0.00000225. The van der Waals surface area contributed by atoms with E-state index in [1.165, 1.54) is 0 Å². The van der Waals surface area contributed by atoms with Crippen molar-refractivity contribution in [1.29, 1.82) is 0 Å². The second-order valence-electron chi connectivity index (χ2n) is 8.12. The molecule has 2 atom stereocenters. The minimum Gasteiger partial charge on any atom is -0.375 e. The molecular weight excluding hydrogens is 423 g/mol. The van der Waals surface area contributed by atoms with Gasteiger partial charge in [-0.25, -0.2) is 0 Å². The molecule has 6 nitrogen and oxygen atoms in total. The summed E-state index contributed by atoms with van der Waals surface area (Å²) in [7, 11) is 2.07. The number of anilines is 1. The van der Waals surface area contributed by atoms with Gasteiger partial charge in [-0.2, -0.15) is 0 Å². The second kappa shape index (κ2) is 13.0. The van der Waals surface area contributed by atoms with Crippen LogP contribution in [0.2, 0.25) is 0 Å². The van der Waals surface area contributed by atoms with Gasteiger partial charge < -0.3 is 20.4 Å². The highest BCUT2D eigenvalue weighted by Gasteiger charge is 2.27. The van der Waals surface area contributed by atoms with Gasteiger partial charge in [-0.05, 0) is 68.8 Å². The molecule has 2 amide bonds. The van der Waals surface area contributed by atoms with Crippen LogP contribution >= 0.6 is 24.8 Å². The maximum absolute atomic E-state index is 12.9. The van der Waals surface area contributed by atoms with E-state index in [1.807, 2.05) is 29.2 Å². The summed E-state index contributed by atoms with van der Waals surface area (Å²) in [5, 5.41) is 6.31. The lowest BCUT2D eigenvalue weighted by Crippen LogP contribution is -2.46. The molecule has 0 radical (unpaired) electrons. The van der Waals surface area contributed by atoms with Gasteiger partial charge in [0.1, 0.15) is 0 Å². The molecule has 0 saturated carbocycles. The maximum atomic E-state index is 12.9. The number of nitrogens with one attached hydrogen (secondary N) is 2. The molecule has 0 bridgehead atoms. The van der Waals surface area contributed by atoms with E-state index in [0.717, 1.165) is 63.0 Å². The minimum absolute atomic E-state index is 0. The lowest BCUT2D eigenvalue weighted by atomic mass is 9.97. The molecule has 3 rings (SSSR count). The standard InChI is InChI=1S/C22H34N4O2.2ClH/c1-3-13-25(2)19-10-8-18(9-11-19)22(28)26-14-5-6-17(16-26)15-24-21(27)20-7-4-12-23-20;;/h8-11,17,20,23H,3-7,12-16H2,1-2H3,(H,24,27);2*1H. The summed E-state index contributed by atoms with van der Waals surface area (Å²) in [6, 6.07) is 7.88. The zero-order valence-corrected chi connectivity index (χ0v) is 19.7. The van der Waals surface area contributed by atoms with Crippen molar-refractivity contribution in [3.05, 3.63) is 29.8 Å². The highest BCUT2D eigenvalue weighted by atomic mass is 35.5. The topological polar surface area (TPSA) is 64.7 Å².